The van der Waals surface area contributed by atoms with Crippen LogP contribution in [0, 0.1) is 22.2 Å². The maximum absolute atomic E-state index is 13.6. The molecular formula is C19H31NO3. The Morgan fingerprint density at radius 2 is 1.78 bits per heavy atom. The molecular weight excluding hydrogens is 290 g/mol. The Labute approximate surface area is 139 Å². The molecule has 4 heteroatoms. The van der Waals surface area contributed by atoms with E-state index in [1.807, 2.05) is 11.8 Å². The Morgan fingerprint density at radius 1 is 1.13 bits per heavy atom. The lowest BCUT2D eigenvalue weighted by molar-refractivity contribution is -0.182. The van der Waals surface area contributed by atoms with Gasteiger partial charge in [-0.3, -0.25) is 4.79 Å². The number of ether oxygens (including phenoxy) is 1. The molecule has 1 saturated heterocycles. The van der Waals surface area contributed by atoms with Crippen molar-refractivity contribution in [3.05, 3.63) is 0 Å². The van der Waals surface area contributed by atoms with Gasteiger partial charge in [0, 0.05) is 6.54 Å². The zero-order chi connectivity index (χ0) is 16.5. The molecule has 0 radical (unpaired) electrons. The second-order valence-electron chi connectivity index (χ2n) is 9.67. The lowest BCUT2D eigenvalue weighted by Gasteiger charge is -2.65. The molecule has 4 atom stereocenters. The Morgan fingerprint density at radius 3 is 2.26 bits per heavy atom. The standard InChI is InChI=1S/C19H31NO3/c1-4-20(14-8-23-9-15(14)21)16(22)19-7-13-5-17(2,11-19)10-18(3,6-13)12-19/h13-15,21H,4-12H2,1-3H3/t13?,14-,15-,17?,18?,19?/m1/s1. The Bertz CT molecular complexity index is 501. The number of nitrogens with zero attached hydrogens (tertiary/aromatic N) is 1. The van der Waals surface area contributed by atoms with Crippen LogP contribution >= 0.6 is 0 Å². The molecule has 4 nitrogen and oxygen atoms in total. The molecule has 1 heterocycles. The molecule has 4 saturated carbocycles. The van der Waals surface area contributed by atoms with Gasteiger partial charge < -0.3 is 14.7 Å². The number of aliphatic hydroxyl groups is 1. The summed E-state index contributed by atoms with van der Waals surface area (Å²) in [4.78, 5) is 15.5. The van der Waals surface area contributed by atoms with Gasteiger partial charge in [-0.05, 0) is 62.2 Å². The molecule has 2 unspecified atom stereocenters. The van der Waals surface area contributed by atoms with Crippen LogP contribution in [0.3, 0.4) is 0 Å². The summed E-state index contributed by atoms with van der Waals surface area (Å²) in [7, 11) is 0. The molecule has 5 aliphatic rings. The Hall–Kier alpha value is -0.610. The smallest absolute Gasteiger partial charge is 0.229 e. The zero-order valence-electron chi connectivity index (χ0n) is 14.8. The number of hydrogen-bond donors (Lipinski definition) is 1. The first kappa shape index (κ1) is 15.9. The van der Waals surface area contributed by atoms with Crippen LogP contribution in [0.25, 0.3) is 0 Å². The van der Waals surface area contributed by atoms with Gasteiger partial charge in [0.1, 0.15) is 0 Å². The van der Waals surface area contributed by atoms with Crippen molar-refractivity contribution in [2.75, 3.05) is 19.8 Å². The van der Waals surface area contributed by atoms with Crippen LogP contribution < -0.4 is 0 Å². The minimum Gasteiger partial charge on any atom is -0.388 e. The van der Waals surface area contributed by atoms with Gasteiger partial charge in [0.15, 0.2) is 0 Å². The molecule has 5 rings (SSSR count). The van der Waals surface area contributed by atoms with Crippen LogP contribution in [0.2, 0.25) is 0 Å². The number of amides is 1. The largest absolute Gasteiger partial charge is 0.388 e. The number of hydrogen-bond acceptors (Lipinski definition) is 3. The van der Waals surface area contributed by atoms with Crippen LogP contribution in [0.1, 0.15) is 59.3 Å². The highest BCUT2D eigenvalue weighted by atomic mass is 16.5. The fourth-order valence-electron chi connectivity index (χ4n) is 7.35. The Balaban J connectivity index is 1.64. The van der Waals surface area contributed by atoms with E-state index in [0.717, 1.165) is 19.3 Å². The molecule has 0 spiro atoms. The second kappa shape index (κ2) is 4.95. The van der Waals surface area contributed by atoms with E-state index in [4.69, 9.17) is 4.74 Å². The van der Waals surface area contributed by atoms with Crippen molar-refractivity contribution < 1.29 is 14.6 Å². The van der Waals surface area contributed by atoms with Gasteiger partial charge in [-0.1, -0.05) is 13.8 Å². The summed E-state index contributed by atoms with van der Waals surface area (Å²) >= 11 is 0. The van der Waals surface area contributed by atoms with Gasteiger partial charge in [-0.2, -0.15) is 0 Å². The maximum Gasteiger partial charge on any atom is 0.229 e. The molecule has 0 aromatic rings. The topological polar surface area (TPSA) is 49.8 Å². The highest BCUT2D eigenvalue weighted by molar-refractivity contribution is 5.84. The molecule has 1 amide bonds. The number of likely N-dealkylation sites (N-methyl/N-ethyl adjacent to an activating group) is 1. The molecule has 4 aliphatic carbocycles. The summed E-state index contributed by atoms with van der Waals surface area (Å²) in [6.45, 7) is 8.36. The predicted octanol–water partition coefficient (Wildman–Crippen LogP) is 2.59. The molecule has 1 aliphatic heterocycles. The first-order valence-corrected chi connectivity index (χ1v) is 9.35. The van der Waals surface area contributed by atoms with Crippen molar-refractivity contribution in [1.29, 1.82) is 0 Å². The third-order valence-corrected chi connectivity index (χ3v) is 7.10. The second-order valence-corrected chi connectivity index (χ2v) is 9.67. The first-order chi connectivity index (χ1) is 10.8. The molecule has 4 bridgehead atoms. The highest BCUT2D eigenvalue weighted by Crippen LogP contribution is 2.69. The Kier molecular flexibility index (Phi) is 3.42. The summed E-state index contributed by atoms with van der Waals surface area (Å²) in [6, 6.07) is -0.152. The van der Waals surface area contributed by atoms with Crippen LogP contribution in [0.5, 0.6) is 0 Å². The van der Waals surface area contributed by atoms with Crippen LogP contribution in [0.4, 0.5) is 0 Å². The molecule has 1 N–H and O–H groups in total. The average molecular weight is 321 g/mol. The molecule has 130 valence electrons. The summed E-state index contributed by atoms with van der Waals surface area (Å²) < 4.78 is 5.42. The summed E-state index contributed by atoms with van der Waals surface area (Å²) in [5, 5.41) is 10.2. The van der Waals surface area contributed by atoms with Gasteiger partial charge in [-0.15, -0.1) is 0 Å². The van der Waals surface area contributed by atoms with Gasteiger partial charge in [0.2, 0.25) is 5.91 Å². The SMILES string of the molecule is CCN(C(=O)C12CC3CC(C)(CC(C)(C3)C1)C2)[C@@H]1COC[C@H]1O. The lowest BCUT2D eigenvalue weighted by atomic mass is 9.40. The van der Waals surface area contributed by atoms with Crippen molar-refractivity contribution in [3.63, 3.8) is 0 Å². The van der Waals surface area contributed by atoms with E-state index in [2.05, 4.69) is 13.8 Å². The van der Waals surface area contributed by atoms with Crippen LogP contribution in [0.15, 0.2) is 0 Å². The fraction of sp³-hybridized carbons (Fsp3) is 0.947. The molecule has 0 aromatic heterocycles. The number of aliphatic hydroxyl groups excluding tert-OH is 1. The predicted molar refractivity (Wildman–Crippen MR) is 87.8 cm³/mol. The molecule has 0 aromatic carbocycles. The van der Waals surface area contributed by atoms with E-state index in [1.165, 1.54) is 19.3 Å². The number of carbonyl (C=O) groups is 1. The van der Waals surface area contributed by atoms with Crippen molar-refractivity contribution in [2.45, 2.75) is 71.4 Å². The van der Waals surface area contributed by atoms with E-state index in [1.54, 1.807) is 0 Å². The first-order valence-electron chi connectivity index (χ1n) is 9.35. The third kappa shape index (κ3) is 2.36. The quantitative estimate of drug-likeness (QED) is 0.869. The minimum absolute atomic E-state index is 0.152. The van der Waals surface area contributed by atoms with E-state index < -0.39 is 6.10 Å². The van der Waals surface area contributed by atoms with Gasteiger partial charge in [-0.25, -0.2) is 0 Å². The molecule has 5 fully saturated rings. The van der Waals surface area contributed by atoms with Crippen molar-refractivity contribution in [3.8, 4) is 0 Å². The van der Waals surface area contributed by atoms with Gasteiger partial charge >= 0.3 is 0 Å². The van der Waals surface area contributed by atoms with E-state index in [9.17, 15) is 9.90 Å². The fourth-order valence-corrected chi connectivity index (χ4v) is 7.35. The third-order valence-electron chi connectivity index (χ3n) is 7.10. The monoisotopic (exact) mass is 321 g/mol. The highest BCUT2D eigenvalue weighted by Gasteiger charge is 2.63. The van der Waals surface area contributed by atoms with E-state index in [0.29, 0.717) is 42.4 Å². The summed E-state index contributed by atoms with van der Waals surface area (Å²) in [6.07, 6.45) is 6.52. The minimum atomic E-state index is -0.529. The number of rotatable bonds is 3. The van der Waals surface area contributed by atoms with E-state index in [-0.39, 0.29) is 11.5 Å². The summed E-state index contributed by atoms with van der Waals surface area (Å²) in [5.74, 6) is 1.02. The van der Waals surface area contributed by atoms with Crippen molar-refractivity contribution in [1.82, 2.24) is 4.90 Å². The summed E-state index contributed by atoms with van der Waals surface area (Å²) in [5.41, 5.74) is 0.503. The van der Waals surface area contributed by atoms with Gasteiger partial charge in [0.05, 0.1) is 30.8 Å². The maximum atomic E-state index is 13.6. The van der Waals surface area contributed by atoms with Crippen molar-refractivity contribution in [2.24, 2.45) is 22.2 Å². The lowest BCUT2D eigenvalue weighted by Crippen LogP contribution is -2.62. The average Bonchev–Trinajstić information content (AvgIpc) is 2.82. The van der Waals surface area contributed by atoms with Gasteiger partial charge in [0.25, 0.3) is 0 Å². The van der Waals surface area contributed by atoms with E-state index >= 15 is 0 Å². The molecule has 23 heavy (non-hydrogen) atoms. The zero-order valence-corrected chi connectivity index (χ0v) is 14.8. The van der Waals surface area contributed by atoms with Crippen LogP contribution in [-0.2, 0) is 9.53 Å². The number of carbonyl (C=O) groups excluding carboxylic acids is 1. The normalized spacial score (nSPS) is 51.2. The van der Waals surface area contributed by atoms with Crippen molar-refractivity contribution >= 4 is 5.91 Å². The van der Waals surface area contributed by atoms with Crippen LogP contribution in [-0.4, -0.2) is 47.8 Å².